The van der Waals surface area contributed by atoms with Crippen molar-refractivity contribution >= 4 is 53.1 Å². The van der Waals surface area contributed by atoms with Crippen LogP contribution in [0.25, 0.3) is 0 Å². The molecule has 0 amide bonds. The molecule has 0 bridgehead atoms. The van der Waals surface area contributed by atoms with Gasteiger partial charge in [0.05, 0.1) is 10.5 Å². The quantitative estimate of drug-likeness (QED) is 0.0965. The van der Waals surface area contributed by atoms with E-state index < -0.39 is 42.9 Å². The maximum Gasteiger partial charge on any atom is 1.00 e. The molecule has 0 atom stereocenters. The minimum atomic E-state index is -4.88. The van der Waals surface area contributed by atoms with Gasteiger partial charge in [-0.05, 0) is 49.2 Å². The number of hydrogen-bond donors (Lipinski definition) is 0. The molecule has 0 N–H and O–H groups in total. The molecule has 5 nitrogen and oxygen atoms in total. The van der Waals surface area contributed by atoms with E-state index in [1.807, 2.05) is 72.8 Å². The van der Waals surface area contributed by atoms with Crippen molar-refractivity contribution in [1.29, 1.82) is 0 Å². The number of rotatable bonds is 11. The summed E-state index contributed by atoms with van der Waals surface area (Å²) in [7, 11) is -6.75. The zero-order valence-electron chi connectivity index (χ0n) is 23.7. The van der Waals surface area contributed by atoms with E-state index >= 15 is 0 Å². The molecule has 212 valence electrons. The van der Waals surface area contributed by atoms with Gasteiger partial charge in [0.25, 0.3) is 0 Å². The molecule has 0 aliphatic rings. The Morgan fingerprint density at radius 3 is 1.26 bits per heavy atom. The van der Waals surface area contributed by atoms with Gasteiger partial charge < -0.3 is 9.29 Å². The Labute approximate surface area is 277 Å². The Morgan fingerprint density at radius 2 is 0.907 bits per heavy atom. The number of carbonyl (C=O) groups is 1. The molecule has 0 spiro atoms. The predicted molar refractivity (Wildman–Crippen MR) is 171 cm³/mol. The van der Waals surface area contributed by atoms with E-state index in [9.17, 15) is 17.8 Å². The van der Waals surface area contributed by atoms with Gasteiger partial charge >= 0.3 is 35.5 Å². The van der Waals surface area contributed by atoms with E-state index in [1.54, 1.807) is 0 Å². The van der Waals surface area contributed by atoms with Crippen molar-refractivity contribution in [1.82, 2.24) is 0 Å². The van der Waals surface area contributed by atoms with E-state index in [4.69, 9.17) is 4.74 Å². The molecule has 0 aromatic heterocycles. The molecule has 0 aliphatic heterocycles. The van der Waals surface area contributed by atoms with Gasteiger partial charge in [-0.3, -0.25) is 0 Å². The molecule has 0 radical (unpaired) electrons. The number of benzene rings is 5. The number of esters is 1. The van der Waals surface area contributed by atoms with Crippen molar-refractivity contribution in [3.63, 3.8) is 0 Å². The van der Waals surface area contributed by atoms with E-state index in [0.717, 1.165) is 27.3 Å². The van der Waals surface area contributed by atoms with Crippen molar-refractivity contribution < 1.29 is 52.1 Å². The van der Waals surface area contributed by atoms with Crippen LogP contribution in [0.3, 0.4) is 0 Å². The first-order valence-electron chi connectivity index (χ1n) is 13.4. The Hall–Kier alpha value is -2.66. The SMILES string of the molecule is O=C(OC(CP(c1ccccc1)c1ccccc1)CP(c1ccccc1)c1ccccc1)c1ccccc1S(=O)(=O)[O-].[Na+]. The normalized spacial score (nSPS) is 11.3. The number of hydrogen-bond acceptors (Lipinski definition) is 5. The fourth-order valence-electron chi connectivity index (χ4n) is 4.76. The zero-order chi connectivity index (χ0) is 29.4. The van der Waals surface area contributed by atoms with Gasteiger partial charge in [0.1, 0.15) is 16.2 Å². The summed E-state index contributed by atoms with van der Waals surface area (Å²) >= 11 is 0. The van der Waals surface area contributed by atoms with Crippen LogP contribution >= 0.6 is 15.8 Å². The van der Waals surface area contributed by atoms with Gasteiger partial charge in [-0.2, -0.15) is 0 Å². The van der Waals surface area contributed by atoms with Crippen molar-refractivity contribution in [2.24, 2.45) is 0 Å². The standard InChI is InChI=1S/C34H30O5P2S.Na/c35-34(32-23-13-14-24-33(32)42(36,37)38)39-27(25-40(28-15-5-1-6-16-28)29-17-7-2-8-18-29)26-41(30-19-9-3-10-20-30)31-21-11-4-12-22-31;/h1-24,27H,25-26H2,(H,36,37,38);/q;+1/p-1. The molecular weight excluding hydrogens is 605 g/mol. The first-order valence-corrected chi connectivity index (χ1v) is 17.9. The maximum atomic E-state index is 13.6. The minimum Gasteiger partial charge on any atom is -0.744 e. The van der Waals surface area contributed by atoms with E-state index in [2.05, 4.69) is 48.5 Å². The van der Waals surface area contributed by atoms with Gasteiger partial charge in [-0.15, -0.1) is 0 Å². The van der Waals surface area contributed by atoms with Gasteiger partial charge in [0.2, 0.25) is 0 Å². The zero-order valence-corrected chi connectivity index (χ0v) is 28.3. The predicted octanol–water partition coefficient (Wildman–Crippen LogP) is 2.39. The van der Waals surface area contributed by atoms with Gasteiger partial charge in [-0.25, -0.2) is 13.2 Å². The summed E-state index contributed by atoms with van der Waals surface area (Å²) in [5.74, 6) is -0.817. The maximum absolute atomic E-state index is 13.6. The van der Waals surface area contributed by atoms with Crippen molar-refractivity contribution in [2.45, 2.75) is 11.0 Å². The number of ether oxygens (including phenoxy) is 1. The summed E-state index contributed by atoms with van der Waals surface area (Å²) in [6.07, 6.45) is 0.484. The summed E-state index contributed by atoms with van der Waals surface area (Å²) in [6, 6.07) is 46.1. The van der Waals surface area contributed by atoms with Crippen LogP contribution in [0.5, 0.6) is 0 Å². The Balaban J connectivity index is 0.00000423. The van der Waals surface area contributed by atoms with Crippen LogP contribution in [-0.2, 0) is 14.9 Å². The summed E-state index contributed by atoms with van der Waals surface area (Å²) in [5.41, 5.74) is -0.245. The van der Waals surface area contributed by atoms with Gasteiger partial charge in [0, 0.05) is 12.3 Å². The average Bonchev–Trinajstić information content (AvgIpc) is 3.03. The molecular formula is C34H29NaO5P2S. The monoisotopic (exact) mass is 634 g/mol. The Morgan fingerprint density at radius 1 is 0.581 bits per heavy atom. The van der Waals surface area contributed by atoms with Crippen LogP contribution in [0.1, 0.15) is 10.4 Å². The fourth-order valence-corrected chi connectivity index (χ4v) is 10.4. The first kappa shape index (κ1) is 33.2. The Kier molecular flexibility index (Phi) is 12.3. The minimum absolute atomic E-state index is 0. The van der Waals surface area contributed by atoms with Crippen molar-refractivity contribution in [3.8, 4) is 0 Å². The average molecular weight is 635 g/mol. The molecule has 43 heavy (non-hydrogen) atoms. The van der Waals surface area contributed by atoms with E-state index in [1.165, 1.54) is 18.2 Å². The van der Waals surface area contributed by atoms with Crippen LogP contribution in [-0.4, -0.2) is 37.4 Å². The summed E-state index contributed by atoms with van der Waals surface area (Å²) in [5, 5.41) is 4.58. The third-order valence-electron chi connectivity index (χ3n) is 6.69. The molecule has 0 saturated carbocycles. The van der Waals surface area contributed by atoms with Crippen LogP contribution in [0.4, 0.5) is 0 Å². The summed E-state index contributed by atoms with van der Waals surface area (Å²) in [4.78, 5) is 13.0. The van der Waals surface area contributed by atoms with Crippen molar-refractivity contribution in [2.75, 3.05) is 12.3 Å². The molecule has 0 unspecified atom stereocenters. The molecule has 0 heterocycles. The summed E-state index contributed by atoms with van der Waals surface area (Å²) < 4.78 is 42.2. The smallest absolute Gasteiger partial charge is 0.744 e. The van der Waals surface area contributed by atoms with Gasteiger partial charge in [0.15, 0.2) is 0 Å². The molecule has 0 aliphatic carbocycles. The van der Waals surface area contributed by atoms with Crippen LogP contribution in [0.15, 0.2) is 150 Å². The molecule has 5 rings (SSSR count). The number of carbonyl (C=O) groups excluding carboxylic acids is 1. The van der Waals surface area contributed by atoms with Crippen LogP contribution < -0.4 is 50.8 Å². The molecule has 9 heteroatoms. The van der Waals surface area contributed by atoms with Crippen LogP contribution in [0.2, 0.25) is 0 Å². The van der Waals surface area contributed by atoms with E-state index in [-0.39, 0.29) is 35.1 Å². The van der Waals surface area contributed by atoms with Crippen LogP contribution in [0, 0.1) is 0 Å². The third kappa shape index (κ3) is 8.94. The largest absolute Gasteiger partial charge is 1.00 e. The fraction of sp³-hybridized carbons (Fsp3) is 0.0882. The van der Waals surface area contributed by atoms with E-state index in [0.29, 0.717) is 12.3 Å². The Bertz CT molecular complexity index is 1540. The van der Waals surface area contributed by atoms with Crippen molar-refractivity contribution in [3.05, 3.63) is 151 Å². The topological polar surface area (TPSA) is 83.5 Å². The molecule has 5 aromatic rings. The summed E-state index contributed by atoms with van der Waals surface area (Å²) in [6.45, 7) is 0. The molecule has 0 fully saturated rings. The molecule has 0 saturated heterocycles. The molecule has 5 aromatic carbocycles. The second-order valence-corrected chi connectivity index (χ2v) is 15.4. The second kappa shape index (κ2) is 15.9. The van der Waals surface area contributed by atoms with Gasteiger partial charge in [-0.1, -0.05) is 133 Å². The third-order valence-corrected chi connectivity index (χ3v) is 12.8. The second-order valence-electron chi connectivity index (χ2n) is 9.54. The first-order chi connectivity index (χ1) is 20.4.